The molecule has 0 aromatic rings. The van der Waals surface area contributed by atoms with Crippen molar-refractivity contribution in [2.45, 2.75) is 71.8 Å². The first-order valence-electron chi connectivity index (χ1n) is 7.18. The topological polar surface area (TPSA) is 0 Å². The Labute approximate surface area is 103 Å². The lowest BCUT2D eigenvalue weighted by Gasteiger charge is -2.25. The third-order valence-electron chi connectivity index (χ3n) is 4.01. The van der Waals surface area contributed by atoms with Crippen LogP contribution in [0.1, 0.15) is 52.9 Å². The van der Waals surface area contributed by atoms with Gasteiger partial charge in [0.15, 0.2) is 0 Å². The summed E-state index contributed by atoms with van der Waals surface area (Å²) in [7, 11) is 0. The van der Waals surface area contributed by atoms with Crippen molar-refractivity contribution in [1.29, 1.82) is 0 Å². The Morgan fingerprint density at radius 3 is 2.56 bits per heavy atom. The van der Waals surface area contributed by atoms with Crippen LogP contribution in [-0.4, -0.2) is 6.71 Å². The fourth-order valence-electron chi connectivity index (χ4n) is 2.87. The molecule has 0 aromatic carbocycles. The van der Waals surface area contributed by atoms with E-state index in [0.717, 1.165) is 12.6 Å². The number of rotatable bonds is 5. The van der Waals surface area contributed by atoms with Gasteiger partial charge in [0.1, 0.15) is 6.71 Å². The van der Waals surface area contributed by atoms with Crippen LogP contribution in [0, 0.1) is 23.7 Å². The third kappa shape index (κ3) is 5.11. The molecule has 1 heterocycles. The van der Waals surface area contributed by atoms with E-state index in [1.165, 1.54) is 51.1 Å². The van der Waals surface area contributed by atoms with Crippen molar-refractivity contribution >= 4 is 6.71 Å². The summed E-state index contributed by atoms with van der Waals surface area (Å²) in [5, 5.41) is 0. The van der Waals surface area contributed by atoms with E-state index in [1.807, 2.05) is 6.92 Å². The van der Waals surface area contributed by atoms with Gasteiger partial charge >= 0.3 is 0 Å². The van der Waals surface area contributed by atoms with Gasteiger partial charge in [0.05, 0.1) is 0 Å². The normalized spacial score (nSPS) is 19.1. The van der Waals surface area contributed by atoms with Gasteiger partial charge in [-0.1, -0.05) is 58.5 Å². The van der Waals surface area contributed by atoms with Gasteiger partial charge in [-0.3, -0.25) is 0 Å². The summed E-state index contributed by atoms with van der Waals surface area (Å²) < 4.78 is 0. The van der Waals surface area contributed by atoms with E-state index < -0.39 is 0 Å². The summed E-state index contributed by atoms with van der Waals surface area (Å²) in [6.07, 6.45) is 11.2. The standard InChI is InChI=1S/C15H27B/c1-4-6-8-15(7-5-2)13-16-11-9-14(3)10-12-16/h14-15H,4,6,8-13H2,1-3H3. The molecule has 16 heavy (non-hydrogen) atoms. The lowest BCUT2D eigenvalue weighted by atomic mass is 9.37. The molecule has 1 aliphatic heterocycles. The summed E-state index contributed by atoms with van der Waals surface area (Å²) in [6.45, 7) is 7.64. The summed E-state index contributed by atoms with van der Waals surface area (Å²) in [6, 6.07) is 0. The Morgan fingerprint density at radius 1 is 1.31 bits per heavy atom. The lowest BCUT2D eigenvalue weighted by molar-refractivity contribution is 0.511. The molecule has 0 saturated carbocycles. The molecule has 0 aliphatic carbocycles. The second kappa shape index (κ2) is 7.83. The van der Waals surface area contributed by atoms with Gasteiger partial charge < -0.3 is 0 Å². The van der Waals surface area contributed by atoms with E-state index in [0.29, 0.717) is 5.92 Å². The van der Waals surface area contributed by atoms with Crippen LogP contribution >= 0.6 is 0 Å². The molecule has 1 atom stereocenters. The fourth-order valence-corrected chi connectivity index (χ4v) is 2.87. The van der Waals surface area contributed by atoms with Gasteiger partial charge in [0.25, 0.3) is 0 Å². The maximum Gasteiger partial charge on any atom is 0.141 e. The maximum absolute atomic E-state index is 3.43. The molecule has 0 N–H and O–H groups in total. The van der Waals surface area contributed by atoms with Crippen molar-refractivity contribution in [3.05, 3.63) is 0 Å². The Bertz CT molecular complexity index is 228. The maximum atomic E-state index is 3.43. The van der Waals surface area contributed by atoms with Crippen LogP contribution in [0.5, 0.6) is 0 Å². The van der Waals surface area contributed by atoms with Crippen molar-refractivity contribution in [1.82, 2.24) is 0 Å². The fraction of sp³-hybridized carbons (Fsp3) is 0.867. The molecule has 90 valence electrons. The molecule has 1 unspecified atom stereocenters. The van der Waals surface area contributed by atoms with Crippen molar-refractivity contribution in [2.24, 2.45) is 11.8 Å². The Kier molecular flexibility index (Phi) is 6.70. The predicted octanol–water partition coefficient (Wildman–Crippen LogP) is 4.74. The molecule has 0 amide bonds. The van der Waals surface area contributed by atoms with Crippen LogP contribution in [0.15, 0.2) is 0 Å². The van der Waals surface area contributed by atoms with E-state index in [4.69, 9.17) is 0 Å². The second-order valence-corrected chi connectivity index (χ2v) is 5.60. The highest BCUT2D eigenvalue weighted by atomic mass is 14.1. The van der Waals surface area contributed by atoms with Crippen LogP contribution in [-0.2, 0) is 0 Å². The largest absolute Gasteiger partial charge is 0.141 e. The van der Waals surface area contributed by atoms with Crippen LogP contribution < -0.4 is 0 Å². The van der Waals surface area contributed by atoms with Crippen molar-refractivity contribution in [3.63, 3.8) is 0 Å². The minimum absolute atomic E-state index is 0.684. The van der Waals surface area contributed by atoms with Crippen LogP contribution in [0.4, 0.5) is 0 Å². The average molecular weight is 218 g/mol. The second-order valence-electron chi connectivity index (χ2n) is 5.60. The summed E-state index contributed by atoms with van der Waals surface area (Å²) >= 11 is 0. The molecule has 1 saturated heterocycles. The van der Waals surface area contributed by atoms with Crippen LogP contribution in [0.2, 0.25) is 19.0 Å². The van der Waals surface area contributed by atoms with Crippen molar-refractivity contribution < 1.29 is 0 Å². The minimum atomic E-state index is 0.684. The highest BCUT2D eigenvalue weighted by Crippen LogP contribution is 2.29. The Balaban J connectivity index is 2.32. The van der Waals surface area contributed by atoms with Gasteiger partial charge in [-0.05, 0) is 19.3 Å². The molecule has 0 nitrogen and oxygen atoms in total. The molecule has 1 heteroatoms. The van der Waals surface area contributed by atoms with Gasteiger partial charge in [-0.2, -0.15) is 0 Å². The number of unbranched alkanes of at least 4 members (excludes halogenated alkanes) is 1. The minimum Gasteiger partial charge on any atom is -0.106 e. The first-order chi connectivity index (χ1) is 7.76. The first kappa shape index (κ1) is 13.7. The molecule has 1 fully saturated rings. The monoisotopic (exact) mass is 218 g/mol. The van der Waals surface area contributed by atoms with E-state index >= 15 is 0 Å². The van der Waals surface area contributed by atoms with Crippen molar-refractivity contribution in [2.75, 3.05) is 0 Å². The summed E-state index contributed by atoms with van der Waals surface area (Å²) in [4.78, 5) is 0. The van der Waals surface area contributed by atoms with Gasteiger partial charge in [-0.15, -0.1) is 11.8 Å². The zero-order valence-corrected chi connectivity index (χ0v) is 11.4. The van der Waals surface area contributed by atoms with Crippen molar-refractivity contribution in [3.8, 4) is 11.8 Å². The number of hydrogen-bond donors (Lipinski definition) is 0. The van der Waals surface area contributed by atoms with Gasteiger partial charge in [0.2, 0.25) is 0 Å². The summed E-state index contributed by atoms with van der Waals surface area (Å²) in [5.74, 6) is 8.21. The van der Waals surface area contributed by atoms with E-state index in [1.54, 1.807) is 0 Å². The SMILES string of the molecule is CC#CC(CCCC)CB1CCC(C)CC1. The quantitative estimate of drug-likeness (QED) is 0.461. The van der Waals surface area contributed by atoms with Gasteiger partial charge in [0, 0.05) is 5.92 Å². The van der Waals surface area contributed by atoms with Crippen LogP contribution in [0.25, 0.3) is 0 Å². The smallest absolute Gasteiger partial charge is 0.106 e. The molecule has 0 aromatic heterocycles. The predicted molar refractivity (Wildman–Crippen MR) is 75.0 cm³/mol. The van der Waals surface area contributed by atoms with E-state index in [2.05, 4.69) is 25.7 Å². The lowest BCUT2D eigenvalue weighted by Crippen LogP contribution is -2.22. The molecule has 0 bridgehead atoms. The van der Waals surface area contributed by atoms with Crippen LogP contribution in [0.3, 0.4) is 0 Å². The van der Waals surface area contributed by atoms with E-state index in [-0.39, 0.29) is 0 Å². The van der Waals surface area contributed by atoms with E-state index in [9.17, 15) is 0 Å². The highest BCUT2D eigenvalue weighted by Gasteiger charge is 2.23. The zero-order chi connectivity index (χ0) is 11.8. The Hall–Kier alpha value is -0.375. The third-order valence-corrected chi connectivity index (χ3v) is 4.01. The van der Waals surface area contributed by atoms with Gasteiger partial charge in [-0.25, -0.2) is 0 Å². The Morgan fingerprint density at radius 2 is 2.00 bits per heavy atom. The zero-order valence-electron chi connectivity index (χ0n) is 11.4. The average Bonchev–Trinajstić information content (AvgIpc) is 2.29. The molecule has 0 spiro atoms. The molecule has 1 rings (SSSR count). The molecule has 0 radical (unpaired) electrons. The molecular formula is C15H27B. The molecule has 1 aliphatic rings. The molecular weight excluding hydrogens is 191 g/mol. The highest BCUT2D eigenvalue weighted by molar-refractivity contribution is 6.59. The first-order valence-corrected chi connectivity index (χ1v) is 7.18. The number of hydrogen-bond acceptors (Lipinski definition) is 0. The summed E-state index contributed by atoms with van der Waals surface area (Å²) in [5.41, 5.74) is 0.